The first-order valence-electron chi connectivity index (χ1n) is 8.21. The van der Waals surface area contributed by atoms with Crippen molar-refractivity contribution in [1.82, 2.24) is 10.6 Å². The number of amides is 1. The highest BCUT2D eigenvalue weighted by molar-refractivity contribution is 5.82. The van der Waals surface area contributed by atoms with E-state index in [-0.39, 0.29) is 11.9 Å². The molecule has 1 heterocycles. The van der Waals surface area contributed by atoms with Gasteiger partial charge in [0.15, 0.2) is 0 Å². The number of carbonyl (C=O) groups is 1. The minimum Gasteiger partial charge on any atom is -0.354 e. The minimum atomic E-state index is 0.0423. The molecule has 19 heavy (non-hydrogen) atoms. The Kier molecular flexibility index (Phi) is 5.68. The van der Waals surface area contributed by atoms with Crippen molar-refractivity contribution in [2.45, 2.75) is 64.8 Å². The monoisotopic (exact) mass is 266 g/mol. The van der Waals surface area contributed by atoms with Crippen molar-refractivity contribution < 1.29 is 4.79 Å². The van der Waals surface area contributed by atoms with Gasteiger partial charge in [0.05, 0.1) is 6.04 Å². The summed E-state index contributed by atoms with van der Waals surface area (Å²) >= 11 is 0. The lowest BCUT2D eigenvalue weighted by Gasteiger charge is -2.31. The number of hydrogen-bond donors (Lipinski definition) is 2. The molecule has 0 aromatic heterocycles. The van der Waals surface area contributed by atoms with Gasteiger partial charge in [0, 0.05) is 6.54 Å². The fourth-order valence-electron chi connectivity index (χ4n) is 3.60. The fourth-order valence-corrected chi connectivity index (χ4v) is 3.60. The van der Waals surface area contributed by atoms with Gasteiger partial charge in [-0.1, -0.05) is 33.1 Å². The van der Waals surface area contributed by atoms with Gasteiger partial charge >= 0.3 is 0 Å². The molecule has 2 fully saturated rings. The summed E-state index contributed by atoms with van der Waals surface area (Å²) in [5, 5.41) is 6.54. The third-order valence-electron chi connectivity index (χ3n) is 5.16. The quantitative estimate of drug-likeness (QED) is 0.821. The van der Waals surface area contributed by atoms with Crippen LogP contribution < -0.4 is 10.6 Å². The van der Waals surface area contributed by atoms with Crippen LogP contribution in [0.4, 0.5) is 0 Å². The zero-order chi connectivity index (χ0) is 13.7. The molecule has 1 aliphatic carbocycles. The first-order chi connectivity index (χ1) is 9.20. The van der Waals surface area contributed by atoms with Crippen molar-refractivity contribution >= 4 is 5.91 Å². The average Bonchev–Trinajstić information content (AvgIpc) is 2.46. The summed E-state index contributed by atoms with van der Waals surface area (Å²) in [4.78, 5) is 12.2. The SMILES string of the molecule is CCC1CCC(CNC(=O)C2NCCCC2C)CC1. The van der Waals surface area contributed by atoms with E-state index in [2.05, 4.69) is 24.5 Å². The van der Waals surface area contributed by atoms with Crippen LogP contribution in [0.3, 0.4) is 0 Å². The fraction of sp³-hybridized carbons (Fsp3) is 0.938. The molecule has 2 atom stereocenters. The third-order valence-corrected chi connectivity index (χ3v) is 5.16. The van der Waals surface area contributed by atoms with Crippen LogP contribution in [-0.4, -0.2) is 25.0 Å². The van der Waals surface area contributed by atoms with Crippen LogP contribution in [0, 0.1) is 17.8 Å². The molecule has 2 N–H and O–H groups in total. The topological polar surface area (TPSA) is 41.1 Å². The van der Waals surface area contributed by atoms with Gasteiger partial charge in [-0.15, -0.1) is 0 Å². The predicted octanol–water partition coefficient (Wildman–Crippen LogP) is 2.71. The van der Waals surface area contributed by atoms with Crippen LogP contribution >= 0.6 is 0 Å². The Morgan fingerprint density at radius 2 is 1.84 bits per heavy atom. The van der Waals surface area contributed by atoms with E-state index in [1.54, 1.807) is 0 Å². The smallest absolute Gasteiger partial charge is 0.237 e. The largest absolute Gasteiger partial charge is 0.354 e. The summed E-state index contributed by atoms with van der Waals surface area (Å²) in [7, 11) is 0. The maximum absolute atomic E-state index is 12.2. The Morgan fingerprint density at radius 3 is 2.47 bits per heavy atom. The van der Waals surface area contributed by atoms with Gasteiger partial charge in [-0.05, 0) is 50.0 Å². The Balaban J connectivity index is 1.69. The highest BCUT2D eigenvalue weighted by Gasteiger charge is 2.28. The van der Waals surface area contributed by atoms with E-state index in [4.69, 9.17) is 0 Å². The molecular weight excluding hydrogens is 236 g/mol. The van der Waals surface area contributed by atoms with Crippen LogP contribution in [0.1, 0.15) is 58.8 Å². The molecule has 3 heteroatoms. The van der Waals surface area contributed by atoms with E-state index in [0.29, 0.717) is 11.8 Å². The molecule has 2 rings (SSSR count). The van der Waals surface area contributed by atoms with Crippen LogP contribution in [0.25, 0.3) is 0 Å². The number of hydrogen-bond acceptors (Lipinski definition) is 2. The zero-order valence-corrected chi connectivity index (χ0v) is 12.6. The molecule has 1 saturated heterocycles. The summed E-state index contributed by atoms with van der Waals surface area (Å²) in [6.07, 6.45) is 9.00. The maximum Gasteiger partial charge on any atom is 0.237 e. The van der Waals surface area contributed by atoms with E-state index >= 15 is 0 Å². The van der Waals surface area contributed by atoms with Gasteiger partial charge in [-0.25, -0.2) is 0 Å². The summed E-state index contributed by atoms with van der Waals surface area (Å²) in [6.45, 7) is 6.36. The number of rotatable bonds is 4. The van der Waals surface area contributed by atoms with Crippen molar-refractivity contribution in [1.29, 1.82) is 0 Å². The summed E-state index contributed by atoms with van der Waals surface area (Å²) < 4.78 is 0. The Labute approximate surface area is 117 Å². The summed E-state index contributed by atoms with van der Waals surface area (Å²) in [6, 6.07) is 0.0423. The first kappa shape index (κ1) is 14.8. The molecule has 0 aromatic carbocycles. The van der Waals surface area contributed by atoms with Crippen molar-refractivity contribution in [3.63, 3.8) is 0 Å². The first-order valence-corrected chi connectivity index (χ1v) is 8.21. The lowest BCUT2D eigenvalue weighted by atomic mass is 9.81. The van der Waals surface area contributed by atoms with Crippen LogP contribution in [0.2, 0.25) is 0 Å². The standard InChI is InChI=1S/C16H30N2O/c1-3-13-6-8-14(9-7-13)11-18-16(19)15-12(2)5-4-10-17-15/h12-15,17H,3-11H2,1-2H3,(H,18,19). The summed E-state index contributed by atoms with van der Waals surface area (Å²) in [5.74, 6) is 2.35. The molecule has 110 valence electrons. The molecule has 2 unspecified atom stereocenters. The van der Waals surface area contributed by atoms with Crippen LogP contribution in [0.15, 0.2) is 0 Å². The Morgan fingerprint density at radius 1 is 1.16 bits per heavy atom. The van der Waals surface area contributed by atoms with E-state index in [0.717, 1.165) is 19.0 Å². The van der Waals surface area contributed by atoms with Gasteiger partial charge in [-0.3, -0.25) is 4.79 Å². The second-order valence-electron chi connectivity index (χ2n) is 6.59. The average molecular weight is 266 g/mol. The number of carbonyl (C=O) groups excluding carboxylic acids is 1. The Bertz CT molecular complexity index is 284. The molecule has 3 nitrogen and oxygen atoms in total. The van der Waals surface area contributed by atoms with E-state index < -0.39 is 0 Å². The molecule has 0 spiro atoms. The van der Waals surface area contributed by atoms with Crippen molar-refractivity contribution in [2.24, 2.45) is 17.8 Å². The zero-order valence-electron chi connectivity index (χ0n) is 12.6. The second kappa shape index (κ2) is 7.28. The van der Waals surface area contributed by atoms with Crippen LogP contribution in [-0.2, 0) is 4.79 Å². The molecular formula is C16H30N2O. The molecule has 1 saturated carbocycles. The summed E-state index contributed by atoms with van der Waals surface area (Å²) in [5.41, 5.74) is 0. The van der Waals surface area contributed by atoms with Crippen molar-refractivity contribution in [2.75, 3.05) is 13.1 Å². The predicted molar refractivity (Wildman–Crippen MR) is 78.9 cm³/mol. The highest BCUT2D eigenvalue weighted by Crippen LogP contribution is 2.30. The van der Waals surface area contributed by atoms with Gasteiger partial charge < -0.3 is 10.6 Å². The van der Waals surface area contributed by atoms with Gasteiger partial charge in [0.2, 0.25) is 5.91 Å². The normalized spacial score (nSPS) is 35.9. The van der Waals surface area contributed by atoms with E-state index in [9.17, 15) is 4.79 Å². The lowest BCUT2D eigenvalue weighted by molar-refractivity contribution is -0.125. The second-order valence-corrected chi connectivity index (χ2v) is 6.59. The minimum absolute atomic E-state index is 0.0423. The van der Waals surface area contributed by atoms with Crippen LogP contribution in [0.5, 0.6) is 0 Å². The van der Waals surface area contributed by atoms with Crippen molar-refractivity contribution in [3.05, 3.63) is 0 Å². The number of nitrogens with one attached hydrogen (secondary N) is 2. The Hall–Kier alpha value is -0.570. The van der Waals surface area contributed by atoms with Gasteiger partial charge in [0.1, 0.15) is 0 Å². The molecule has 1 aliphatic heterocycles. The van der Waals surface area contributed by atoms with Crippen molar-refractivity contribution in [3.8, 4) is 0 Å². The van der Waals surface area contributed by atoms with Gasteiger partial charge in [-0.2, -0.15) is 0 Å². The highest BCUT2D eigenvalue weighted by atomic mass is 16.2. The molecule has 0 bridgehead atoms. The maximum atomic E-state index is 12.2. The van der Waals surface area contributed by atoms with E-state index in [1.807, 2.05) is 0 Å². The molecule has 0 aromatic rings. The van der Waals surface area contributed by atoms with Gasteiger partial charge in [0.25, 0.3) is 0 Å². The number of piperidine rings is 1. The third kappa shape index (κ3) is 4.20. The lowest BCUT2D eigenvalue weighted by Crippen LogP contribution is -2.51. The van der Waals surface area contributed by atoms with E-state index in [1.165, 1.54) is 44.9 Å². The molecule has 1 amide bonds. The molecule has 0 radical (unpaired) electrons. The molecule has 2 aliphatic rings.